The summed E-state index contributed by atoms with van der Waals surface area (Å²) < 4.78 is 12.9. The third-order valence-corrected chi connectivity index (χ3v) is 4.20. The summed E-state index contributed by atoms with van der Waals surface area (Å²) in [6.45, 7) is 1.67. The highest BCUT2D eigenvalue weighted by molar-refractivity contribution is 7.09. The molecule has 0 radical (unpaired) electrons. The van der Waals surface area contributed by atoms with Crippen molar-refractivity contribution in [1.29, 1.82) is 0 Å². The summed E-state index contributed by atoms with van der Waals surface area (Å²) >= 11 is 1.35. The van der Waals surface area contributed by atoms with Gasteiger partial charge in [0.05, 0.1) is 10.9 Å². The Morgan fingerprint density at radius 2 is 2.00 bits per heavy atom. The van der Waals surface area contributed by atoms with E-state index >= 15 is 0 Å². The monoisotopic (exact) mass is 336 g/mol. The molecule has 1 unspecified atom stereocenters. The molecule has 1 aromatic carbocycles. The van der Waals surface area contributed by atoms with Crippen LogP contribution in [0.2, 0.25) is 0 Å². The van der Waals surface area contributed by atoms with Gasteiger partial charge in [0.25, 0.3) is 5.91 Å². The summed E-state index contributed by atoms with van der Waals surface area (Å²) in [6, 6.07) is 6.13. The number of benzene rings is 1. The lowest BCUT2D eigenvalue weighted by Crippen LogP contribution is -2.33. The van der Waals surface area contributed by atoms with Crippen molar-refractivity contribution in [2.45, 2.75) is 13.3 Å². The molecule has 0 fully saturated rings. The van der Waals surface area contributed by atoms with E-state index in [2.05, 4.69) is 4.98 Å². The van der Waals surface area contributed by atoms with Crippen molar-refractivity contribution in [3.63, 3.8) is 0 Å². The van der Waals surface area contributed by atoms with Crippen LogP contribution in [0.3, 0.4) is 0 Å². The molecule has 122 valence electrons. The minimum atomic E-state index is -0.945. The summed E-state index contributed by atoms with van der Waals surface area (Å²) in [5, 5.41) is 11.3. The largest absolute Gasteiger partial charge is 0.481 e. The molecule has 0 saturated carbocycles. The molecule has 1 aromatic heterocycles. The molecule has 1 amide bonds. The van der Waals surface area contributed by atoms with Crippen LogP contribution >= 0.6 is 11.3 Å². The highest BCUT2D eigenvalue weighted by atomic mass is 32.1. The van der Waals surface area contributed by atoms with Gasteiger partial charge in [0.15, 0.2) is 0 Å². The van der Waals surface area contributed by atoms with Crippen molar-refractivity contribution in [1.82, 2.24) is 9.88 Å². The normalized spacial score (nSPS) is 12.0. The van der Waals surface area contributed by atoms with Gasteiger partial charge in [-0.1, -0.05) is 19.1 Å². The number of carboxylic acids is 1. The Balaban J connectivity index is 2.01. The molecule has 1 heterocycles. The van der Waals surface area contributed by atoms with Gasteiger partial charge in [-0.15, -0.1) is 11.3 Å². The predicted molar refractivity (Wildman–Crippen MR) is 85.1 cm³/mol. The fourth-order valence-corrected chi connectivity index (χ4v) is 2.84. The molecule has 0 bridgehead atoms. The number of aromatic nitrogens is 1. The van der Waals surface area contributed by atoms with Crippen molar-refractivity contribution in [3.05, 3.63) is 51.7 Å². The van der Waals surface area contributed by atoms with E-state index in [1.54, 1.807) is 31.5 Å². The fourth-order valence-electron chi connectivity index (χ4n) is 2.03. The number of halogens is 1. The molecular formula is C16H17FN2O3S. The van der Waals surface area contributed by atoms with E-state index in [-0.39, 0.29) is 18.3 Å². The van der Waals surface area contributed by atoms with E-state index in [9.17, 15) is 14.0 Å². The van der Waals surface area contributed by atoms with Gasteiger partial charge < -0.3 is 10.0 Å². The van der Waals surface area contributed by atoms with Gasteiger partial charge >= 0.3 is 5.97 Å². The number of carboxylic acid groups (broad SMARTS) is 1. The van der Waals surface area contributed by atoms with Crippen LogP contribution in [0, 0.1) is 11.7 Å². The molecule has 2 aromatic rings. The van der Waals surface area contributed by atoms with Crippen LogP contribution in [0.4, 0.5) is 4.39 Å². The van der Waals surface area contributed by atoms with Crippen molar-refractivity contribution < 1.29 is 19.1 Å². The maximum absolute atomic E-state index is 12.9. The predicted octanol–water partition coefficient (Wildman–Crippen LogP) is 2.67. The Kier molecular flexibility index (Phi) is 5.44. The summed E-state index contributed by atoms with van der Waals surface area (Å²) in [7, 11) is 1.56. The van der Waals surface area contributed by atoms with Gasteiger partial charge in [-0.05, 0) is 17.7 Å². The summed E-state index contributed by atoms with van der Waals surface area (Å²) in [4.78, 5) is 28.7. The fraction of sp³-hybridized carbons (Fsp3) is 0.312. The zero-order valence-electron chi connectivity index (χ0n) is 12.8. The zero-order chi connectivity index (χ0) is 17.0. The van der Waals surface area contributed by atoms with E-state index in [1.807, 2.05) is 0 Å². The molecule has 7 heteroatoms. The Morgan fingerprint density at radius 1 is 1.35 bits per heavy atom. The highest BCUT2D eigenvalue weighted by Gasteiger charge is 2.20. The summed E-state index contributed by atoms with van der Waals surface area (Å²) in [6.07, 6.45) is 0.521. The maximum Gasteiger partial charge on any atom is 0.308 e. The third kappa shape index (κ3) is 4.59. The van der Waals surface area contributed by atoms with Crippen LogP contribution in [0.5, 0.6) is 0 Å². The number of rotatable bonds is 6. The van der Waals surface area contributed by atoms with Gasteiger partial charge in [0.2, 0.25) is 0 Å². The average Bonchev–Trinajstić information content (AvgIpc) is 2.97. The zero-order valence-corrected chi connectivity index (χ0v) is 13.6. The third-order valence-electron chi connectivity index (χ3n) is 3.36. The molecule has 1 N–H and O–H groups in total. The van der Waals surface area contributed by atoms with E-state index in [0.29, 0.717) is 12.1 Å². The minimum absolute atomic E-state index is 0.124. The second kappa shape index (κ2) is 7.32. The molecule has 0 spiro atoms. The molecule has 2 rings (SSSR count). The molecule has 1 atom stereocenters. The van der Waals surface area contributed by atoms with Gasteiger partial charge in [-0.2, -0.15) is 0 Å². The average molecular weight is 336 g/mol. The van der Waals surface area contributed by atoms with Crippen LogP contribution in [-0.4, -0.2) is 40.5 Å². The smallest absolute Gasteiger partial charge is 0.308 e. The van der Waals surface area contributed by atoms with E-state index in [0.717, 1.165) is 10.6 Å². The lowest BCUT2D eigenvalue weighted by molar-refractivity contribution is -0.141. The molecule has 5 nitrogen and oxygen atoms in total. The van der Waals surface area contributed by atoms with Crippen molar-refractivity contribution in [2.75, 3.05) is 13.6 Å². The number of hydrogen-bond acceptors (Lipinski definition) is 4. The number of carbonyl (C=O) groups excluding carboxylic acids is 1. The van der Waals surface area contributed by atoms with Gasteiger partial charge in [0, 0.05) is 25.4 Å². The van der Waals surface area contributed by atoms with Crippen LogP contribution in [0.15, 0.2) is 29.6 Å². The van der Waals surface area contributed by atoms with Crippen molar-refractivity contribution in [2.24, 2.45) is 5.92 Å². The summed E-state index contributed by atoms with van der Waals surface area (Å²) in [5.74, 6) is -2.18. The number of aliphatic carboxylic acids is 1. The standard InChI is InChI=1S/C16H17FN2O3S/c1-10(16(21)22)8-19(2)15(20)13-9-23-14(18-13)7-11-3-5-12(17)6-4-11/h3-6,9-10H,7-8H2,1-2H3,(H,21,22). The van der Waals surface area contributed by atoms with Crippen molar-refractivity contribution in [3.8, 4) is 0 Å². The first kappa shape index (κ1) is 17.1. The van der Waals surface area contributed by atoms with Crippen molar-refractivity contribution >= 4 is 23.2 Å². The minimum Gasteiger partial charge on any atom is -0.481 e. The second-order valence-electron chi connectivity index (χ2n) is 5.35. The number of nitrogens with zero attached hydrogens (tertiary/aromatic N) is 2. The molecular weight excluding hydrogens is 319 g/mol. The van der Waals surface area contributed by atoms with E-state index in [4.69, 9.17) is 5.11 Å². The molecule has 0 aliphatic heterocycles. The summed E-state index contributed by atoms with van der Waals surface area (Å²) in [5.41, 5.74) is 1.21. The number of carbonyl (C=O) groups is 2. The Hall–Kier alpha value is -2.28. The SMILES string of the molecule is CC(CN(C)C(=O)c1csc(Cc2ccc(F)cc2)n1)C(=O)O. The molecule has 23 heavy (non-hydrogen) atoms. The lowest BCUT2D eigenvalue weighted by Gasteiger charge is -2.18. The molecule has 0 aliphatic carbocycles. The number of amides is 1. The number of thiazole rings is 1. The van der Waals surface area contributed by atoms with Gasteiger partial charge in [0.1, 0.15) is 11.5 Å². The van der Waals surface area contributed by atoms with Crippen LogP contribution in [0.1, 0.15) is 28.0 Å². The Bertz CT molecular complexity index is 700. The molecule has 0 saturated heterocycles. The Morgan fingerprint density at radius 3 is 2.61 bits per heavy atom. The first-order valence-corrected chi connectivity index (χ1v) is 7.92. The van der Waals surface area contributed by atoms with Gasteiger partial charge in [-0.3, -0.25) is 9.59 Å². The lowest BCUT2D eigenvalue weighted by atomic mass is 10.1. The van der Waals surface area contributed by atoms with Crippen LogP contribution < -0.4 is 0 Å². The van der Waals surface area contributed by atoms with E-state index in [1.165, 1.54) is 28.4 Å². The second-order valence-corrected chi connectivity index (χ2v) is 6.30. The Labute approximate surface area is 137 Å². The topological polar surface area (TPSA) is 70.5 Å². The highest BCUT2D eigenvalue weighted by Crippen LogP contribution is 2.16. The first-order chi connectivity index (χ1) is 10.9. The quantitative estimate of drug-likeness (QED) is 0.880. The van der Waals surface area contributed by atoms with Crippen LogP contribution in [0.25, 0.3) is 0 Å². The first-order valence-electron chi connectivity index (χ1n) is 7.04. The van der Waals surface area contributed by atoms with E-state index < -0.39 is 11.9 Å². The van der Waals surface area contributed by atoms with Crippen LogP contribution in [-0.2, 0) is 11.2 Å². The number of hydrogen-bond donors (Lipinski definition) is 1. The van der Waals surface area contributed by atoms with Gasteiger partial charge in [-0.25, -0.2) is 9.37 Å². The maximum atomic E-state index is 12.9. The molecule has 0 aliphatic rings.